The van der Waals surface area contributed by atoms with Crippen molar-refractivity contribution in [3.63, 3.8) is 0 Å². The van der Waals surface area contributed by atoms with E-state index in [-0.39, 0.29) is 25.6 Å². The van der Waals surface area contributed by atoms with Gasteiger partial charge in [-0.25, -0.2) is 0 Å². The predicted octanol–water partition coefficient (Wildman–Crippen LogP) is 6.91. The minimum absolute atomic E-state index is 0.0696. The normalized spacial score (nSPS) is 27.1. The minimum Gasteiger partial charge on any atom is -0.457 e. The third kappa shape index (κ3) is 25.0. The van der Waals surface area contributed by atoms with Gasteiger partial charge in [0.15, 0.2) is 12.6 Å². The van der Waals surface area contributed by atoms with Crippen LogP contribution < -0.4 is 0 Å². The molecule has 0 amide bonds. The van der Waals surface area contributed by atoms with Crippen LogP contribution in [0.2, 0.25) is 0 Å². The van der Waals surface area contributed by atoms with Crippen LogP contribution in [0.1, 0.15) is 200 Å². The Balaban J connectivity index is 1.76. The first kappa shape index (κ1) is 57.1. The van der Waals surface area contributed by atoms with Crippen molar-refractivity contribution in [2.45, 2.75) is 268 Å². The summed E-state index contributed by atoms with van der Waals surface area (Å²) < 4.78 is 34.2. The van der Waals surface area contributed by atoms with Crippen LogP contribution in [0, 0.1) is 0 Å². The SMILES string of the molecule is CCCCCCCCCCCCCCCCCCCC(=O)OC(COCCCCCCCCCCCCC)COC1OC(COC2OC(CO)C(O)C(O)C2O)C(O)C(O)C1O. The molecule has 2 aliphatic heterocycles. The summed E-state index contributed by atoms with van der Waals surface area (Å²) in [7, 11) is 0. The largest absolute Gasteiger partial charge is 0.457 e. The Bertz CT molecular complexity index is 1040. The van der Waals surface area contributed by atoms with Crippen LogP contribution in [-0.2, 0) is 33.2 Å². The molecule has 2 aliphatic rings. The molecule has 7 N–H and O–H groups in total. The van der Waals surface area contributed by atoms with Crippen molar-refractivity contribution >= 4 is 5.97 Å². The van der Waals surface area contributed by atoms with E-state index < -0.39 is 80.7 Å². The molecular weight excluding hydrogens is 801 g/mol. The van der Waals surface area contributed by atoms with Crippen molar-refractivity contribution in [3.8, 4) is 0 Å². The van der Waals surface area contributed by atoms with Crippen LogP contribution in [0.5, 0.6) is 0 Å². The number of carbonyl (C=O) groups excluding carboxylic acids is 1. The molecule has 368 valence electrons. The summed E-state index contributed by atoms with van der Waals surface area (Å²) in [4.78, 5) is 13.0. The molecule has 2 rings (SSSR count). The summed E-state index contributed by atoms with van der Waals surface area (Å²) in [6.45, 7) is 3.72. The number of esters is 1. The van der Waals surface area contributed by atoms with Gasteiger partial charge < -0.3 is 64.2 Å². The van der Waals surface area contributed by atoms with Crippen molar-refractivity contribution in [2.24, 2.45) is 0 Å². The van der Waals surface area contributed by atoms with Crippen molar-refractivity contribution in [2.75, 3.05) is 33.0 Å². The van der Waals surface area contributed by atoms with Gasteiger partial charge in [-0.2, -0.15) is 0 Å². The number of aliphatic hydroxyl groups excluding tert-OH is 7. The van der Waals surface area contributed by atoms with Crippen LogP contribution in [0.25, 0.3) is 0 Å². The van der Waals surface area contributed by atoms with Gasteiger partial charge in [-0.05, 0) is 12.8 Å². The van der Waals surface area contributed by atoms with Gasteiger partial charge in [0.1, 0.15) is 54.9 Å². The van der Waals surface area contributed by atoms with Gasteiger partial charge in [0.05, 0.1) is 26.4 Å². The lowest BCUT2D eigenvalue weighted by Crippen LogP contribution is -2.61. The molecule has 2 heterocycles. The van der Waals surface area contributed by atoms with Gasteiger partial charge in [0.2, 0.25) is 0 Å². The van der Waals surface area contributed by atoms with Gasteiger partial charge in [-0.15, -0.1) is 0 Å². The van der Waals surface area contributed by atoms with Gasteiger partial charge in [0, 0.05) is 13.0 Å². The Kier molecular flexibility index (Phi) is 34.2. The molecule has 0 radical (unpaired) electrons. The number of hydrogen-bond donors (Lipinski definition) is 7. The van der Waals surface area contributed by atoms with E-state index >= 15 is 0 Å². The molecule has 62 heavy (non-hydrogen) atoms. The molecule has 2 fully saturated rings. The zero-order valence-electron chi connectivity index (χ0n) is 38.9. The quantitative estimate of drug-likeness (QED) is 0.0246. The van der Waals surface area contributed by atoms with Crippen LogP contribution in [-0.4, -0.2) is 142 Å². The second kappa shape index (κ2) is 37.1. The Hall–Kier alpha value is -1.01. The number of aliphatic hydroxyl groups is 7. The molecule has 11 unspecified atom stereocenters. The molecule has 0 aromatic rings. The zero-order chi connectivity index (χ0) is 45.2. The maximum atomic E-state index is 13.0. The van der Waals surface area contributed by atoms with E-state index in [0.29, 0.717) is 6.61 Å². The third-order valence-corrected chi connectivity index (χ3v) is 12.4. The van der Waals surface area contributed by atoms with E-state index in [9.17, 15) is 40.5 Å². The number of hydrogen-bond acceptors (Lipinski definition) is 14. The van der Waals surface area contributed by atoms with Crippen LogP contribution in [0.4, 0.5) is 0 Å². The summed E-state index contributed by atoms with van der Waals surface area (Å²) in [6.07, 6.45) is 18.8. The predicted molar refractivity (Wildman–Crippen MR) is 238 cm³/mol. The van der Waals surface area contributed by atoms with E-state index in [1.807, 2.05) is 0 Å². The second-order valence-electron chi connectivity index (χ2n) is 18.0. The number of ether oxygens (including phenoxy) is 6. The van der Waals surface area contributed by atoms with Gasteiger partial charge in [0.25, 0.3) is 0 Å². The average Bonchev–Trinajstić information content (AvgIpc) is 3.27. The van der Waals surface area contributed by atoms with Gasteiger partial charge in [-0.1, -0.05) is 181 Å². The maximum Gasteiger partial charge on any atom is 0.306 e. The molecular formula is C48H92O14. The van der Waals surface area contributed by atoms with Crippen molar-refractivity contribution in [1.82, 2.24) is 0 Å². The Labute approximate surface area is 374 Å². The highest BCUT2D eigenvalue weighted by atomic mass is 16.7. The molecule has 0 aromatic carbocycles. The average molecular weight is 893 g/mol. The van der Waals surface area contributed by atoms with E-state index in [1.165, 1.54) is 135 Å². The summed E-state index contributed by atoms with van der Waals surface area (Å²) in [5.41, 5.74) is 0. The molecule has 2 saturated heterocycles. The van der Waals surface area contributed by atoms with Crippen LogP contribution in [0.3, 0.4) is 0 Å². The van der Waals surface area contributed by atoms with E-state index in [4.69, 9.17) is 28.4 Å². The Morgan fingerprint density at radius 3 is 1.31 bits per heavy atom. The highest BCUT2D eigenvalue weighted by Gasteiger charge is 2.47. The first-order chi connectivity index (χ1) is 30.1. The number of rotatable bonds is 40. The second-order valence-corrected chi connectivity index (χ2v) is 18.0. The summed E-state index contributed by atoms with van der Waals surface area (Å²) in [5.74, 6) is -0.371. The van der Waals surface area contributed by atoms with Gasteiger partial charge >= 0.3 is 5.97 Å². The van der Waals surface area contributed by atoms with E-state index in [0.717, 1.165) is 44.9 Å². The fraction of sp³-hybridized carbons (Fsp3) is 0.979. The number of carbonyl (C=O) groups is 1. The molecule has 0 bridgehead atoms. The smallest absolute Gasteiger partial charge is 0.306 e. The first-order valence-corrected chi connectivity index (χ1v) is 25.1. The Morgan fingerprint density at radius 2 is 0.855 bits per heavy atom. The molecule has 14 heteroatoms. The highest BCUT2D eigenvalue weighted by Crippen LogP contribution is 2.26. The standard InChI is InChI=1S/C48H92O14/c1-3-5-7-9-11-13-15-16-17-18-19-20-21-23-25-27-29-31-40(50)60-37(34-57-32-30-28-26-24-22-14-12-10-8-6-4-2)35-58-47-46(56)44(54)42(52)39(62-47)36-59-48-45(55)43(53)41(51)38(33-49)61-48/h37-39,41-49,51-56H,3-36H2,1-2H3. The molecule has 0 spiro atoms. The topological polar surface area (TPSA) is 214 Å². The first-order valence-electron chi connectivity index (χ1n) is 25.1. The van der Waals surface area contributed by atoms with Crippen LogP contribution in [0.15, 0.2) is 0 Å². The van der Waals surface area contributed by atoms with E-state index in [2.05, 4.69) is 13.8 Å². The fourth-order valence-electron chi connectivity index (χ4n) is 8.23. The van der Waals surface area contributed by atoms with Crippen molar-refractivity contribution < 1.29 is 69.0 Å². The summed E-state index contributed by atoms with van der Waals surface area (Å²) >= 11 is 0. The van der Waals surface area contributed by atoms with Crippen molar-refractivity contribution in [1.29, 1.82) is 0 Å². The molecule has 0 aliphatic carbocycles. The third-order valence-electron chi connectivity index (χ3n) is 12.4. The van der Waals surface area contributed by atoms with Crippen LogP contribution >= 0.6 is 0 Å². The highest BCUT2D eigenvalue weighted by molar-refractivity contribution is 5.69. The number of unbranched alkanes of at least 4 members (excludes halogenated alkanes) is 26. The lowest BCUT2D eigenvalue weighted by molar-refractivity contribution is -0.332. The minimum atomic E-state index is -1.70. The molecule has 14 nitrogen and oxygen atoms in total. The lowest BCUT2D eigenvalue weighted by Gasteiger charge is -2.42. The lowest BCUT2D eigenvalue weighted by atomic mass is 9.98. The van der Waals surface area contributed by atoms with Crippen molar-refractivity contribution in [3.05, 3.63) is 0 Å². The van der Waals surface area contributed by atoms with E-state index in [1.54, 1.807) is 0 Å². The molecule has 0 aromatic heterocycles. The molecule has 11 atom stereocenters. The Morgan fingerprint density at radius 1 is 0.468 bits per heavy atom. The monoisotopic (exact) mass is 893 g/mol. The summed E-state index contributed by atoms with van der Waals surface area (Å²) in [6, 6.07) is 0. The van der Waals surface area contributed by atoms with Gasteiger partial charge in [-0.3, -0.25) is 4.79 Å². The zero-order valence-corrected chi connectivity index (χ0v) is 38.9. The maximum absolute atomic E-state index is 13.0. The summed E-state index contributed by atoms with van der Waals surface area (Å²) in [5, 5.41) is 72.0. The molecule has 0 saturated carbocycles. The fourth-order valence-corrected chi connectivity index (χ4v) is 8.23.